The molecule has 24 heavy (non-hydrogen) atoms. The van der Waals surface area contributed by atoms with Crippen LogP contribution in [0.1, 0.15) is 31.7 Å². The van der Waals surface area contributed by atoms with Crippen LogP contribution in [-0.4, -0.2) is 44.1 Å². The van der Waals surface area contributed by atoms with Crippen LogP contribution in [0, 0.1) is 0 Å². The van der Waals surface area contributed by atoms with Crippen molar-refractivity contribution in [3.63, 3.8) is 0 Å². The van der Waals surface area contributed by atoms with Crippen LogP contribution < -0.4 is 4.72 Å². The second-order valence-corrected chi connectivity index (χ2v) is 8.72. The smallest absolute Gasteiger partial charge is 0.227 e. The zero-order valence-electron chi connectivity index (χ0n) is 13.6. The summed E-state index contributed by atoms with van der Waals surface area (Å²) < 4.78 is 26.3. The molecular weight excluding hydrogens is 371 g/mol. The van der Waals surface area contributed by atoms with Gasteiger partial charge in [0.2, 0.25) is 15.9 Å². The van der Waals surface area contributed by atoms with E-state index in [-0.39, 0.29) is 24.1 Å². The Kier molecular flexibility index (Phi) is 6.92. The van der Waals surface area contributed by atoms with E-state index in [4.69, 9.17) is 23.2 Å². The quantitative estimate of drug-likeness (QED) is 0.808. The van der Waals surface area contributed by atoms with E-state index in [1.165, 1.54) is 0 Å². The molecule has 1 aliphatic heterocycles. The fourth-order valence-electron chi connectivity index (χ4n) is 2.77. The van der Waals surface area contributed by atoms with Crippen molar-refractivity contribution in [1.29, 1.82) is 0 Å². The zero-order valence-corrected chi connectivity index (χ0v) is 15.9. The number of carbonyl (C=O) groups excluding carboxylic acids is 1. The topological polar surface area (TPSA) is 66.5 Å². The van der Waals surface area contributed by atoms with E-state index < -0.39 is 10.0 Å². The molecule has 0 aromatic heterocycles. The first kappa shape index (κ1) is 19.5. The number of piperidine rings is 1. The molecule has 1 saturated heterocycles. The SMILES string of the molecule is CCCS(=O)(=O)NC1CCN(C(=O)Cc2ccc(Cl)cc2Cl)CC1. The zero-order chi connectivity index (χ0) is 17.7. The first-order valence-electron chi connectivity index (χ1n) is 8.02. The van der Waals surface area contributed by atoms with Crippen LogP contribution in [0.3, 0.4) is 0 Å². The molecular formula is C16H22Cl2N2O3S. The van der Waals surface area contributed by atoms with Gasteiger partial charge in [0.15, 0.2) is 0 Å². The molecule has 0 spiro atoms. The average Bonchev–Trinajstić information content (AvgIpc) is 2.50. The van der Waals surface area contributed by atoms with Gasteiger partial charge in [-0.15, -0.1) is 0 Å². The van der Waals surface area contributed by atoms with Crippen molar-refractivity contribution in [3.8, 4) is 0 Å². The van der Waals surface area contributed by atoms with Crippen molar-refractivity contribution in [2.24, 2.45) is 0 Å². The summed E-state index contributed by atoms with van der Waals surface area (Å²) in [7, 11) is -3.21. The second-order valence-electron chi connectivity index (χ2n) is 6.00. The largest absolute Gasteiger partial charge is 0.342 e. The molecule has 1 amide bonds. The van der Waals surface area contributed by atoms with Crippen LogP contribution in [0.25, 0.3) is 0 Å². The number of amides is 1. The summed E-state index contributed by atoms with van der Waals surface area (Å²) in [5, 5.41) is 1.02. The van der Waals surface area contributed by atoms with Crippen molar-refractivity contribution in [3.05, 3.63) is 33.8 Å². The second kappa shape index (κ2) is 8.52. The number of sulfonamides is 1. The van der Waals surface area contributed by atoms with Gasteiger partial charge < -0.3 is 4.90 Å². The Bertz CT molecular complexity index is 687. The summed E-state index contributed by atoms with van der Waals surface area (Å²) in [5.74, 6) is 0.135. The monoisotopic (exact) mass is 392 g/mol. The number of nitrogens with one attached hydrogen (secondary N) is 1. The molecule has 0 radical (unpaired) electrons. The summed E-state index contributed by atoms with van der Waals surface area (Å²) in [5.41, 5.74) is 0.747. The Labute approximate surface area is 153 Å². The highest BCUT2D eigenvalue weighted by atomic mass is 35.5. The van der Waals surface area contributed by atoms with Crippen molar-refractivity contribution in [2.45, 2.75) is 38.6 Å². The Hall–Kier alpha value is -0.820. The van der Waals surface area contributed by atoms with E-state index >= 15 is 0 Å². The molecule has 1 aliphatic rings. The first-order valence-corrected chi connectivity index (χ1v) is 10.4. The molecule has 8 heteroatoms. The van der Waals surface area contributed by atoms with Crippen LogP contribution in [0.2, 0.25) is 10.0 Å². The molecule has 1 aromatic rings. The van der Waals surface area contributed by atoms with E-state index in [9.17, 15) is 13.2 Å². The molecule has 1 N–H and O–H groups in total. The molecule has 1 fully saturated rings. The molecule has 0 saturated carbocycles. The van der Waals surface area contributed by atoms with Crippen LogP contribution in [0.5, 0.6) is 0 Å². The van der Waals surface area contributed by atoms with E-state index in [0.29, 0.717) is 42.4 Å². The van der Waals surface area contributed by atoms with E-state index in [1.54, 1.807) is 23.1 Å². The predicted molar refractivity (Wildman–Crippen MR) is 97.0 cm³/mol. The molecule has 1 heterocycles. The number of carbonyl (C=O) groups is 1. The number of rotatable bonds is 6. The Balaban J connectivity index is 1.86. The first-order chi connectivity index (χ1) is 11.3. The third-order valence-electron chi connectivity index (χ3n) is 4.02. The summed E-state index contributed by atoms with van der Waals surface area (Å²) in [6, 6.07) is 5.00. The van der Waals surface area contributed by atoms with Crippen molar-refractivity contribution in [1.82, 2.24) is 9.62 Å². The molecule has 0 atom stereocenters. The fraction of sp³-hybridized carbons (Fsp3) is 0.562. The Morgan fingerprint density at radius 2 is 1.96 bits per heavy atom. The van der Waals surface area contributed by atoms with E-state index in [0.717, 1.165) is 5.56 Å². The van der Waals surface area contributed by atoms with Gasteiger partial charge in [0, 0.05) is 29.2 Å². The van der Waals surface area contributed by atoms with Gasteiger partial charge >= 0.3 is 0 Å². The fourth-order valence-corrected chi connectivity index (χ4v) is 4.64. The minimum Gasteiger partial charge on any atom is -0.342 e. The highest BCUT2D eigenvalue weighted by Crippen LogP contribution is 2.22. The van der Waals surface area contributed by atoms with Gasteiger partial charge in [0.25, 0.3) is 0 Å². The van der Waals surface area contributed by atoms with Gasteiger partial charge in [0.05, 0.1) is 12.2 Å². The molecule has 1 aromatic carbocycles. The standard InChI is InChI=1S/C16H22Cl2N2O3S/c1-2-9-24(22,23)19-14-5-7-20(8-6-14)16(21)10-12-3-4-13(17)11-15(12)18/h3-4,11,14,19H,2,5-10H2,1H3. The summed E-state index contributed by atoms with van der Waals surface area (Å²) in [6.07, 6.45) is 2.07. The highest BCUT2D eigenvalue weighted by Gasteiger charge is 2.25. The Morgan fingerprint density at radius 3 is 2.54 bits per heavy atom. The minimum absolute atomic E-state index is 0.00547. The third kappa shape index (κ3) is 5.62. The van der Waals surface area contributed by atoms with Crippen molar-refractivity contribution in [2.75, 3.05) is 18.8 Å². The summed E-state index contributed by atoms with van der Waals surface area (Å²) in [4.78, 5) is 14.2. The van der Waals surface area contributed by atoms with Crippen molar-refractivity contribution < 1.29 is 13.2 Å². The number of nitrogens with zero attached hydrogens (tertiary/aromatic N) is 1. The number of likely N-dealkylation sites (tertiary alicyclic amines) is 1. The van der Waals surface area contributed by atoms with Gasteiger partial charge in [-0.3, -0.25) is 4.79 Å². The maximum atomic E-state index is 12.4. The lowest BCUT2D eigenvalue weighted by atomic mass is 10.0. The average molecular weight is 393 g/mol. The molecule has 0 aliphatic carbocycles. The maximum Gasteiger partial charge on any atom is 0.227 e. The van der Waals surface area contributed by atoms with E-state index in [1.807, 2.05) is 6.92 Å². The lowest BCUT2D eigenvalue weighted by molar-refractivity contribution is -0.131. The van der Waals surface area contributed by atoms with Crippen molar-refractivity contribution >= 4 is 39.1 Å². The summed E-state index contributed by atoms with van der Waals surface area (Å²) >= 11 is 12.0. The normalized spacial score (nSPS) is 16.4. The number of hydrogen-bond acceptors (Lipinski definition) is 3. The minimum atomic E-state index is -3.21. The number of hydrogen-bond donors (Lipinski definition) is 1. The molecule has 0 bridgehead atoms. The van der Waals surface area contributed by atoms with Gasteiger partial charge in [-0.1, -0.05) is 36.2 Å². The Morgan fingerprint density at radius 1 is 1.29 bits per heavy atom. The summed E-state index contributed by atoms with van der Waals surface area (Å²) in [6.45, 7) is 2.93. The van der Waals surface area contributed by atoms with Crippen LogP contribution in [-0.2, 0) is 21.2 Å². The molecule has 5 nitrogen and oxygen atoms in total. The predicted octanol–water partition coefficient (Wildman–Crippen LogP) is 2.86. The third-order valence-corrected chi connectivity index (χ3v) is 6.25. The van der Waals surface area contributed by atoms with E-state index in [2.05, 4.69) is 4.72 Å². The highest BCUT2D eigenvalue weighted by molar-refractivity contribution is 7.89. The molecule has 134 valence electrons. The lowest BCUT2D eigenvalue weighted by Gasteiger charge is -2.32. The number of benzene rings is 1. The van der Waals surface area contributed by atoms with Crippen LogP contribution in [0.15, 0.2) is 18.2 Å². The van der Waals surface area contributed by atoms with Gasteiger partial charge in [0.1, 0.15) is 0 Å². The molecule has 2 rings (SSSR count). The van der Waals surface area contributed by atoms with Gasteiger partial charge in [-0.05, 0) is 37.0 Å². The number of halogens is 2. The van der Waals surface area contributed by atoms with Crippen LogP contribution >= 0.6 is 23.2 Å². The maximum absolute atomic E-state index is 12.4. The van der Waals surface area contributed by atoms with Crippen LogP contribution in [0.4, 0.5) is 0 Å². The van der Waals surface area contributed by atoms with Gasteiger partial charge in [-0.2, -0.15) is 0 Å². The lowest BCUT2D eigenvalue weighted by Crippen LogP contribution is -2.47. The molecule has 0 unspecified atom stereocenters. The van der Waals surface area contributed by atoms with Gasteiger partial charge in [-0.25, -0.2) is 13.1 Å².